The summed E-state index contributed by atoms with van der Waals surface area (Å²) in [7, 11) is 0. The molecule has 0 aliphatic rings. The quantitative estimate of drug-likeness (QED) is 0.850. The van der Waals surface area contributed by atoms with Crippen LogP contribution in [0.5, 0.6) is 0 Å². The molecule has 0 atom stereocenters. The van der Waals surface area contributed by atoms with Gasteiger partial charge in [0, 0.05) is 0 Å². The van der Waals surface area contributed by atoms with Crippen molar-refractivity contribution in [3.8, 4) is 0 Å². The minimum absolute atomic E-state index is 0.0312. The molecule has 3 nitrogen and oxygen atoms in total. The standard InChI is InChI=1S/C11H7F2NO2/c12-7-3-1-4-8(10(7)13)14-11(15)9-5-2-6-16-9/h1-6H,(H,14,15). The predicted octanol–water partition coefficient (Wildman–Crippen LogP) is 2.81. The second-order valence-corrected chi connectivity index (χ2v) is 3.03. The van der Waals surface area contributed by atoms with E-state index in [-0.39, 0.29) is 11.4 Å². The van der Waals surface area contributed by atoms with Gasteiger partial charge in [-0.25, -0.2) is 8.78 Å². The van der Waals surface area contributed by atoms with E-state index in [0.717, 1.165) is 6.07 Å². The molecule has 0 radical (unpaired) electrons. The van der Waals surface area contributed by atoms with Gasteiger partial charge in [0.15, 0.2) is 17.4 Å². The second-order valence-electron chi connectivity index (χ2n) is 3.03. The molecule has 0 aliphatic heterocycles. The van der Waals surface area contributed by atoms with Gasteiger partial charge in [-0.05, 0) is 24.3 Å². The molecule has 0 spiro atoms. The van der Waals surface area contributed by atoms with E-state index in [4.69, 9.17) is 4.42 Å². The maximum Gasteiger partial charge on any atom is 0.291 e. The Balaban J connectivity index is 2.22. The maximum absolute atomic E-state index is 13.2. The Labute approximate surface area is 89.7 Å². The fraction of sp³-hybridized carbons (Fsp3) is 0. The zero-order chi connectivity index (χ0) is 11.5. The van der Waals surface area contributed by atoms with E-state index in [1.807, 2.05) is 0 Å². The summed E-state index contributed by atoms with van der Waals surface area (Å²) in [5, 5.41) is 2.21. The van der Waals surface area contributed by atoms with Crippen LogP contribution in [0.1, 0.15) is 10.6 Å². The molecule has 0 bridgehead atoms. The minimum Gasteiger partial charge on any atom is -0.459 e. The van der Waals surface area contributed by atoms with Crippen LogP contribution < -0.4 is 5.32 Å². The molecule has 0 fully saturated rings. The highest BCUT2D eigenvalue weighted by Gasteiger charge is 2.13. The molecule has 1 N–H and O–H groups in total. The molecule has 0 unspecified atom stereocenters. The molecular weight excluding hydrogens is 216 g/mol. The summed E-state index contributed by atoms with van der Waals surface area (Å²) in [5.74, 6) is -2.71. The Kier molecular flexibility index (Phi) is 2.68. The Morgan fingerprint density at radius 3 is 2.69 bits per heavy atom. The molecule has 1 aromatic heterocycles. The molecule has 1 aromatic carbocycles. The van der Waals surface area contributed by atoms with Crippen LogP contribution in [0.3, 0.4) is 0 Å². The first-order chi connectivity index (χ1) is 7.68. The number of furan rings is 1. The number of nitrogens with one attached hydrogen (secondary N) is 1. The van der Waals surface area contributed by atoms with E-state index in [1.54, 1.807) is 0 Å². The lowest BCUT2D eigenvalue weighted by molar-refractivity contribution is 0.0996. The van der Waals surface area contributed by atoms with Gasteiger partial charge in [-0.2, -0.15) is 0 Å². The summed E-state index contributed by atoms with van der Waals surface area (Å²) in [6.45, 7) is 0. The zero-order valence-corrected chi connectivity index (χ0v) is 8.04. The lowest BCUT2D eigenvalue weighted by atomic mass is 10.3. The lowest BCUT2D eigenvalue weighted by Gasteiger charge is -2.04. The number of amides is 1. The Morgan fingerprint density at radius 2 is 2.00 bits per heavy atom. The summed E-state index contributed by atoms with van der Waals surface area (Å²) in [6, 6.07) is 6.48. The first-order valence-electron chi connectivity index (χ1n) is 4.47. The number of halogens is 2. The van der Waals surface area contributed by atoms with Gasteiger partial charge in [-0.1, -0.05) is 6.07 Å². The van der Waals surface area contributed by atoms with Gasteiger partial charge in [0.25, 0.3) is 5.91 Å². The molecule has 0 saturated heterocycles. The van der Waals surface area contributed by atoms with Crippen molar-refractivity contribution in [2.24, 2.45) is 0 Å². The van der Waals surface area contributed by atoms with Crippen LogP contribution in [0.25, 0.3) is 0 Å². The van der Waals surface area contributed by atoms with Gasteiger partial charge in [0.2, 0.25) is 0 Å². The average Bonchev–Trinajstić information content (AvgIpc) is 2.78. The third-order valence-electron chi connectivity index (χ3n) is 1.94. The number of benzene rings is 1. The molecule has 5 heteroatoms. The number of hydrogen-bond donors (Lipinski definition) is 1. The molecular formula is C11H7F2NO2. The largest absolute Gasteiger partial charge is 0.459 e. The van der Waals surface area contributed by atoms with Crippen LogP contribution in [-0.4, -0.2) is 5.91 Å². The van der Waals surface area contributed by atoms with Gasteiger partial charge in [-0.15, -0.1) is 0 Å². The van der Waals surface area contributed by atoms with Crippen LogP contribution in [0.15, 0.2) is 41.0 Å². The Bertz CT molecular complexity index is 509. The van der Waals surface area contributed by atoms with E-state index in [2.05, 4.69) is 5.32 Å². The number of anilines is 1. The van der Waals surface area contributed by atoms with E-state index < -0.39 is 17.5 Å². The normalized spacial score (nSPS) is 10.1. The van der Waals surface area contributed by atoms with Crippen molar-refractivity contribution in [1.82, 2.24) is 0 Å². The first kappa shape index (κ1) is 10.4. The third-order valence-corrected chi connectivity index (χ3v) is 1.94. The first-order valence-corrected chi connectivity index (χ1v) is 4.47. The average molecular weight is 223 g/mol. The minimum atomic E-state index is -1.09. The predicted molar refractivity (Wildman–Crippen MR) is 53.0 cm³/mol. The van der Waals surface area contributed by atoms with Crippen molar-refractivity contribution in [2.75, 3.05) is 5.32 Å². The lowest BCUT2D eigenvalue weighted by Crippen LogP contribution is -2.12. The molecule has 16 heavy (non-hydrogen) atoms. The fourth-order valence-corrected chi connectivity index (χ4v) is 1.19. The van der Waals surface area contributed by atoms with Gasteiger partial charge in [-0.3, -0.25) is 4.79 Å². The van der Waals surface area contributed by atoms with E-state index >= 15 is 0 Å². The molecule has 1 heterocycles. The second kappa shape index (κ2) is 4.14. The van der Waals surface area contributed by atoms with Crippen molar-refractivity contribution in [1.29, 1.82) is 0 Å². The smallest absolute Gasteiger partial charge is 0.291 e. The van der Waals surface area contributed by atoms with E-state index in [9.17, 15) is 13.6 Å². The van der Waals surface area contributed by atoms with Crippen molar-refractivity contribution < 1.29 is 18.0 Å². The summed E-state index contributed by atoms with van der Waals surface area (Å²) >= 11 is 0. The molecule has 82 valence electrons. The number of carbonyl (C=O) groups excluding carboxylic acids is 1. The highest BCUT2D eigenvalue weighted by Crippen LogP contribution is 2.17. The summed E-state index contributed by atoms with van der Waals surface area (Å²) in [4.78, 5) is 11.4. The number of rotatable bonds is 2. The third kappa shape index (κ3) is 1.93. The van der Waals surface area contributed by atoms with Gasteiger partial charge in [0.1, 0.15) is 0 Å². The summed E-state index contributed by atoms with van der Waals surface area (Å²) < 4.78 is 30.8. The van der Waals surface area contributed by atoms with Crippen LogP contribution in [0.4, 0.5) is 14.5 Å². The number of hydrogen-bond acceptors (Lipinski definition) is 2. The molecule has 2 rings (SSSR count). The van der Waals surface area contributed by atoms with Crippen molar-refractivity contribution >= 4 is 11.6 Å². The molecule has 0 aliphatic carbocycles. The van der Waals surface area contributed by atoms with Crippen LogP contribution in [-0.2, 0) is 0 Å². The van der Waals surface area contributed by atoms with Gasteiger partial charge >= 0.3 is 0 Å². The maximum atomic E-state index is 13.2. The van der Waals surface area contributed by atoms with Crippen LogP contribution >= 0.6 is 0 Å². The topological polar surface area (TPSA) is 42.2 Å². The Morgan fingerprint density at radius 1 is 1.19 bits per heavy atom. The van der Waals surface area contributed by atoms with Crippen molar-refractivity contribution in [2.45, 2.75) is 0 Å². The van der Waals surface area contributed by atoms with Gasteiger partial charge < -0.3 is 9.73 Å². The molecule has 0 saturated carbocycles. The van der Waals surface area contributed by atoms with E-state index in [1.165, 1.54) is 30.5 Å². The highest BCUT2D eigenvalue weighted by atomic mass is 19.2. The molecule has 2 aromatic rings. The Hall–Kier alpha value is -2.17. The summed E-state index contributed by atoms with van der Waals surface area (Å²) in [5.41, 5.74) is -0.221. The van der Waals surface area contributed by atoms with Crippen LogP contribution in [0, 0.1) is 11.6 Å². The monoisotopic (exact) mass is 223 g/mol. The van der Waals surface area contributed by atoms with Crippen LogP contribution in [0.2, 0.25) is 0 Å². The van der Waals surface area contributed by atoms with Crippen molar-refractivity contribution in [3.05, 3.63) is 54.0 Å². The fourth-order valence-electron chi connectivity index (χ4n) is 1.19. The van der Waals surface area contributed by atoms with Gasteiger partial charge in [0.05, 0.1) is 12.0 Å². The molecule has 1 amide bonds. The van der Waals surface area contributed by atoms with E-state index in [0.29, 0.717) is 0 Å². The van der Waals surface area contributed by atoms with Crippen molar-refractivity contribution in [3.63, 3.8) is 0 Å². The number of carbonyl (C=O) groups is 1. The zero-order valence-electron chi connectivity index (χ0n) is 8.04. The highest BCUT2D eigenvalue weighted by molar-refractivity contribution is 6.02. The summed E-state index contributed by atoms with van der Waals surface area (Å²) in [6.07, 6.45) is 1.32. The SMILES string of the molecule is O=C(Nc1cccc(F)c1F)c1ccco1.